The summed E-state index contributed by atoms with van der Waals surface area (Å²) in [6.07, 6.45) is 48.5. The molecule has 0 saturated heterocycles. The van der Waals surface area contributed by atoms with Gasteiger partial charge in [0.15, 0.2) is 6.10 Å². The third-order valence-corrected chi connectivity index (χ3v) is 9.88. The molecule has 0 amide bonds. The number of carbonyl (C=O) groups is 3. The zero-order valence-corrected chi connectivity index (χ0v) is 35.7. The van der Waals surface area contributed by atoms with E-state index in [0.717, 1.165) is 77.0 Å². The van der Waals surface area contributed by atoms with Gasteiger partial charge < -0.3 is 14.2 Å². The van der Waals surface area contributed by atoms with Crippen molar-refractivity contribution in [1.29, 1.82) is 0 Å². The van der Waals surface area contributed by atoms with Gasteiger partial charge in [0.1, 0.15) is 13.2 Å². The summed E-state index contributed by atoms with van der Waals surface area (Å²) in [6, 6.07) is 0. The van der Waals surface area contributed by atoms with Gasteiger partial charge in [0, 0.05) is 19.3 Å². The SMILES string of the molecule is CC/C=C\C/C=C\CCCCC(=O)OCC(COC(=O)CCCCCCC/C=C\CCCCCCCCC)OC(=O)CCCCCCCCCCCCC. The van der Waals surface area contributed by atoms with E-state index in [4.69, 9.17) is 14.2 Å². The number of carbonyl (C=O) groups excluding carboxylic acids is 3. The minimum Gasteiger partial charge on any atom is -0.462 e. The molecule has 0 aromatic carbocycles. The summed E-state index contributed by atoms with van der Waals surface area (Å²) in [4.78, 5) is 37.6. The number of unbranched alkanes of at least 4 members (excludes halogenated alkanes) is 24. The number of hydrogen-bond acceptors (Lipinski definition) is 6. The molecular weight excluding hydrogens is 673 g/mol. The molecule has 1 atom stereocenters. The predicted molar refractivity (Wildman–Crippen MR) is 229 cm³/mol. The van der Waals surface area contributed by atoms with Gasteiger partial charge >= 0.3 is 17.9 Å². The summed E-state index contributed by atoms with van der Waals surface area (Å²) in [5, 5.41) is 0. The van der Waals surface area contributed by atoms with Crippen LogP contribution in [0.2, 0.25) is 0 Å². The summed E-state index contributed by atoms with van der Waals surface area (Å²) in [5.41, 5.74) is 0. The molecule has 0 bridgehead atoms. The summed E-state index contributed by atoms with van der Waals surface area (Å²) in [7, 11) is 0. The van der Waals surface area contributed by atoms with Crippen molar-refractivity contribution in [1.82, 2.24) is 0 Å². The molecule has 6 heteroatoms. The van der Waals surface area contributed by atoms with E-state index < -0.39 is 6.10 Å². The first kappa shape index (κ1) is 51.6. The molecule has 0 spiro atoms. The summed E-state index contributed by atoms with van der Waals surface area (Å²) < 4.78 is 16.6. The van der Waals surface area contributed by atoms with Crippen LogP contribution in [-0.2, 0) is 28.6 Å². The van der Waals surface area contributed by atoms with E-state index in [1.54, 1.807) is 0 Å². The lowest BCUT2D eigenvalue weighted by Crippen LogP contribution is -2.30. The van der Waals surface area contributed by atoms with E-state index in [1.165, 1.54) is 116 Å². The highest BCUT2D eigenvalue weighted by Crippen LogP contribution is 2.14. The van der Waals surface area contributed by atoms with E-state index >= 15 is 0 Å². The number of esters is 3. The molecule has 54 heavy (non-hydrogen) atoms. The van der Waals surface area contributed by atoms with Gasteiger partial charge in [-0.2, -0.15) is 0 Å². The molecule has 0 aromatic heterocycles. The summed E-state index contributed by atoms with van der Waals surface area (Å²) in [6.45, 7) is 6.46. The second-order valence-electron chi connectivity index (χ2n) is 15.3. The Kier molecular flexibility index (Phi) is 41.5. The fourth-order valence-corrected chi connectivity index (χ4v) is 6.41. The molecule has 0 N–H and O–H groups in total. The monoisotopic (exact) mass is 759 g/mol. The fourth-order valence-electron chi connectivity index (χ4n) is 6.41. The van der Waals surface area contributed by atoms with Crippen LogP contribution in [-0.4, -0.2) is 37.2 Å². The van der Waals surface area contributed by atoms with Gasteiger partial charge in [0.05, 0.1) is 0 Å². The van der Waals surface area contributed by atoms with Crippen LogP contribution in [0.5, 0.6) is 0 Å². The van der Waals surface area contributed by atoms with Crippen LogP contribution in [0, 0.1) is 0 Å². The first-order chi connectivity index (χ1) is 26.5. The van der Waals surface area contributed by atoms with Crippen LogP contribution in [0.1, 0.15) is 233 Å². The van der Waals surface area contributed by atoms with Crippen molar-refractivity contribution in [3.8, 4) is 0 Å². The van der Waals surface area contributed by atoms with Crippen molar-refractivity contribution < 1.29 is 28.6 Å². The average molecular weight is 759 g/mol. The van der Waals surface area contributed by atoms with Crippen LogP contribution in [0.15, 0.2) is 36.5 Å². The molecule has 314 valence electrons. The van der Waals surface area contributed by atoms with Crippen LogP contribution in [0.25, 0.3) is 0 Å². The van der Waals surface area contributed by atoms with Gasteiger partial charge in [-0.1, -0.05) is 179 Å². The van der Waals surface area contributed by atoms with Crippen molar-refractivity contribution in [3.05, 3.63) is 36.5 Å². The van der Waals surface area contributed by atoms with Crippen molar-refractivity contribution in [3.63, 3.8) is 0 Å². The van der Waals surface area contributed by atoms with Gasteiger partial charge in [-0.15, -0.1) is 0 Å². The first-order valence-corrected chi connectivity index (χ1v) is 23.0. The van der Waals surface area contributed by atoms with E-state index in [2.05, 4.69) is 57.2 Å². The molecule has 0 heterocycles. The van der Waals surface area contributed by atoms with E-state index in [-0.39, 0.29) is 31.1 Å². The van der Waals surface area contributed by atoms with Crippen molar-refractivity contribution in [2.75, 3.05) is 13.2 Å². The maximum Gasteiger partial charge on any atom is 0.306 e. The number of allylic oxidation sites excluding steroid dienone is 6. The highest BCUT2D eigenvalue weighted by Gasteiger charge is 2.19. The lowest BCUT2D eigenvalue weighted by atomic mass is 10.1. The Morgan fingerprint density at radius 3 is 1.17 bits per heavy atom. The van der Waals surface area contributed by atoms with Crippen molar-refractivity contribution in [2.24, 2.45) is 0 Å². The quantitative estimate of drug-likeness (QED) is 0.0267. The molecule has 0 radical (unpaired) electrons. The minimum absolute atomic E-state index is 0.0847. The lowest BCUT2D eigenvalue weighted by Gasteiger charge is -2.18. The van der Waals surface area contributed by atoms with E-state index in [0.29, 0.717) is 19.3 Å². The third-order valence-electron chi connectivity index (χ3n) is 9.88. The van der Waals surface area contributed by atoms with Crippen molar-refractivity contribution >= 4 is 17.9 Å². The maximum atomic E-state index is 12.7. The standard InChI is InChI=1S/C48H86O6/c1-4-7-10-13-16-19-21-22-23-24-25-27-29-32-35-38-41-47(50)53-44-45(43-52-46(49)40-37-34-31-28-18-15-12-9-6-3)54-48(51)42-39-36-33-30-26-20-17-14-11-8-5-2/h9,12,18,23-24,28,45H,4-8,10-11,13-17,19-22,25-27,29-44H2,1-3H3/b12-9-,24-23-,28-18-. The lowest BCUT2D eigenvalue weighted by molar-refractivity contribution is -0.167. The van der Waals surface area contributed by atoms with Gasteiger partial charge in [-0.3, -0.25) is 14.4 Å². The Morgan fingerprint density at radius 1 is 0.389 bits per heavy atom. The molecule has 0 aromatic rings. The van der Waals surface area contributed by atoms with E-state index in [9.17, 15) is 14.4 Å². The largest absolute Gasteiger partial charge is 0.462 e. The Hall–Kier alpha value is -2.37. The Morgan fingerprint density at radius 2 is 0.722 bits per heavy atom. The summed E-state index contributed by atoms with van der Waals surface area (Å²) in [5.74, 6) is -0.929. The summed E-state index contributed by atoms with van der Waals surface area (Å²) >= 11 is 0. The van der Waals surface area contributed by atoms with E-state index in [1.807, 2.05) is 0 Å². The van der Waals surface area contributed by atoms with Crippen LogP contribution in [0.4, 0.5) is 0 Å². The predicted octanol–water partition coefficient (Wildman–Crippen LogP) is 14.6. The smallest absolute Gasteiger partial charge is 0.306 e. The Balaban J connectivity index is 4.34. The minimum atomic E-state index is -0.781. The van der Waals surface area contributed by atoms with Crippen LogP contribution in [0.3, 0.4) is 0 Å². The Labute approximate surface area is 334 Å². The van der Waals surface area contributed by atoms with Gasteiger partial charge in [-0.05, 0) is 70.6 Å². The number of hydrogen-bond donors (Lipinski definition) is 0. The first-order valence-electron chi connectivity index (χ1n) is 23.0. The molecule has 1 unspecified atom stereocenters. The second-order valence-corrected chi connectivity index (χ2v) is 15.3. The highest BCUT2D eigenvalue weighted by atomic mass is 16.6. The average Bonchev–Trinajstić information content (AvgIpc) is 3.17. The topological polar surface area (TPSA) is 78.9 Å². The fraction of sp³-hybridized carbons (Fsp3) is 0.812. The molecular formula is C48H86O6. The zero-order chi connectivity index (χ0) is 39.4. The van der Waals surface area contributed by atoms with Gasteiger partial charge in [0.2, 0.25) is 0 Å². The normalized spacial score (nSPS) is 12.3. The molecule has 0 aliphatic heterocycles. The molecule has 0 saturated carbocycles. The number of rotatable bonds is 41. The third kappa shape index (κ3) is 40.8. The van der Waals surface area contributed by atoms with Gasteiger partial charge in [0.25, 0.3) is 0 Å². The maximum absolute atomic E-state index is 12.7. The highest BCUT2D eigenvalue weighted by molar-refractivity contribution is 5.71. The second kappa shape index (κ2) is 43.4. The zero-order valence-electron chi connectivity index (χ0n) is 35.7. The number of ether oxygens (including phenoxy) is 3. The van der Waals surface area contributed by atoms with Gasteiger partial charge in [-0.25, -0.2) is 0 Å². The molecule has 0 fully saturated rings. The van der Waals surface area contributed by atoms with Crippen LogP contribution >= 0.6 is 0 Å². The molecule has 0 aliphatic rings. The Bertz CT molecular complexity index is 922. The molecule has 0 rings (SSSR count). The van der Waals surface area contributed by atoms with Crippen LogP contribution < -0.4 is 0 Å². The molecule has 6 nitrogen and oxygen atoms in total. The van der Waals surface area contributed by atoms with Crippen molar-refractivity contribution in [2.45, 2.75) is 239 Å². The molecule has 0 aliphatic carbocycles.